The lowest BCUT2D eigenvalue weighted by molar-refractivity contribution is -0.130. The molecule has 32 heavy (non-hydrogen) atoms. The molecule has 1 unspecified atom stereocenters. The van der Waals surface area contributed by atoms with Crippen molar-refractivity contribution >= 4 is 17.5 Å². The van der Waals surface area contributed by atoms with Crippen molar-refractivity contribution in [1.82, 2.24) is 15.3 Å². The molecule has 6 heteroatoms. The average molecular weight is 448 g/mol. The first-order chi connectivity index (χ1) is 15.4. The van der Waals surface area contributed by atoms with Crippen LogP contribution < -0.4 is 10.1 Å². The van der Waals surface area contributed by atoms with Crippen molar-refractivity contribution in [2.75, 3.05) is 6.54 Å². The van der Waals surface area contributed by atoms with Crippen molar-refractivity contribution in [3.8, 4) is 17.0 Å². The SMILES string of the molecule is Cc1cnc(C)c(-c2ccc3c(c2)CC(CNC(=O)C2(c4ccc(Cl)cc4)CCC2)O3)n1. The van der Waals surface area contributed by atoms with Crippen LogP contribution in [0.5, 0.6) is 5.75 Å². The predicted molar refractivity (Wildman–Crippen MR) is 125 cm³/mol. The number of ether oxygens (including phenoxy) is 1. The molecule has 5 rings (SSSR count). The summed E-state index contributed by atoms with van der Waals surface area (Å²) in [6.07, 6.45) is 5.27. The Morgan fingerprint density at radius 2 is 1.97 bits per heavy atom. The number of fused-ring (bicyclic) bond motifs is 1. The zero-order valence-electron chi connectivity index (χ0n) is 18.3. The molecule has 1 aliphatic heterocycles. The maximum absolute atomic E-state index is 13.2. The molecule has 0 spiro atoms. The molecule has 0 bridgehead atoms. The summed E-state index contributed by atoms with van der Waals surface area (Å²) >= 11 is 6.04. The van der Waals surface area contributed by atoms with Crippen molar-refractivity contribution < 1.29 is 9.53 Å². The van der Waals surface area contributed by atoms with Gasteiger partial charge in [-0.15, -0.1) is 0 Å². The lowest BCUT2D eigenvalue weighted by Gasteiger charge is -2.41. The molecule has 2 aromatic carbocycles. The second-order valence-electron chi connectivity index (χ2n) is 8.86. The molecule has 2 aliphatic rings. The van der Waals surface area contributed by atoms with E-state index in [0.29, 0.717) is 11.6 Å². The van der Waals surface area contributed by atoms with Gasteiger partial charge in [-0.05, 0) is 68.1 Å². The lowest BCUT2D eigenvalue weighted by Crippen LogP contribution is -2.51. The Labute approximate surface area is 193 Å². The lowest BCUT2D eigenvalue weighted by atomic mass is 9.64. The third kappa shape index (κ3) is 3.75. The van der Waals surface area contributed by atoms with Crippen molar-refractivity contribution in [2.24, 2.45) is 0 Å². The smallest absolute Gasteiger partial charge is 0.230 e. The second-order valence-corrected chi connectivity index (χ2v) is 9.30. The van der Waals surface area contributed by atoms with Crippen LogP contribution in [0.1, 0.15) is 41.8 Å². The molecule has 1 N–H and O–H groups in total. The van der Waals surface area contributed by atoms with Crippen LogP contribution in [0.2, 0.25) is 5.02 Å². The highest BCUT2D eigenvalue weighted by atomic mass is 35.5. The largest absolute Gasteiger partial charge is 0.488 e. The Kier molecular flexibility index (Phi) is 5.38. The van der Waals surface area contributed by atoms with Gasteiger partial charge >= 0.3 is 0 Å². The van der Waals surface area contributed by atoms with E-state index >= 15 is 0 Å². The summed E-state index contributed by atoms with van der Waals surface area (Å²) in [5.41, 5.74) is 5.49. The molecule has 1 fully saturated rings. The van der Waals surface area contributed by atoms with Crippen LogP contribution in [0.4, 0.5) is 0 Å². The quantitative estimate of drug-likeness (QED) is 0.600. The van der Waals surface area contributed by atoms with E-state index in [2.05, 4.69) is 21.4 Å². The number of aryl methyl sites for hydroxylation is 2. The van der Waals surface area contributed by atoms with E-state index in [1.54, 1.807) is 6.20 Å². The van der Waals surface area contributed by atoms with Crippen molar-refractivity contribution in [2.45, 2.75) is 51.0 Å². The molecule has 5 nitrogen and oxygen atoms in total. The molecule has 1 aliphatic carbocycles. The van der Waals surface area contributed by atoms with Crippen molar-refractivity contribution in [3.05, 3.63) is 76.2 Å². The van der Waals surface area contributed by atoms with Crippen LogP contribution in [0.3, 0.4) is 0 Å². The number of nitrogens with zero attached hydrogens (tertiary/aromatic N) is 2. The highest BCUT2D eigenvalue weighted by Crippen LogP contribution is 2.44. The molecular formula is C26H26ClN3O2. The van der Waals surface area contributed by atoms with Gasteiger partial charge < -0.3 is 10.1 Å². The number of aromatic nitrogens is 2. The molecule has 1 atom stereocenters. The maximum atomic E-state index is 13.2. The molecule has 164 valence electrons. The van der Waals surface area contributed by atoms with Gasteiger partial charge in [-0.1, -0.05) is 30.2 Å². The first-order valence-electron chi connectivity index (χ1n) is 11.1. The third-order valence-electron chi connectivity index (χ3n) is 6.68. The number of nitrogens with one attached hydrogen (secondary N) is 1. The number of halogens is 1. The maximum Gasteiger partial charge on any atom is 0.230 e. The van der Waals surface area contributed by atoms with E-state index in [0.717, 1.165) is 65.2 Å². The van der Waals surface area contributed by atoms with Gasteiger partial charge in [0.25, 0.3) is 0 Å². The second kappa shape index (κ2) is 8.21. The third-order valence-corrected chi connectivity index (χ3v) is 6.93. The van der Waals surface area contributed by atoms with E-state index in [1.165, 1.54) is 0 Å². The Hall–Kier alpha value is -2.92. The zero-order valence-corrected chi connectivity index (χ0v) is 19.1. The van der Waals surface area contributed by atoms with Gasteiger partial charge in [-0.2, -0.15) is 0 Å². The van der Waals surface area contributed by atoms with Gasteiger partial charge in [-0.25, -0.2) is 4.98 Å². The minimum atomic E-state index is -0.440. The molecule has 1 saturated carbocycles. The molecule has 0 radical (unpaired) electrons. The molecule has 2 heterocycles. The normalized spacial score (nSPS) is 18.4. The fourth-order valence-electron chi connectivity index (χ4n) is 4.71. The molecule has 1 amide bonds. The molecule has 3 aromatic rings. The van der Waals surface area contributed by atoms with Crippen LogP contribution in [-0.4, -0.2) is 28.5 Å². The van der Waals surface area contributed by atoms with Gasteiger partial charge in [-0.3, -0.25) is 9.78 Å². The monoisotopic (exact) mass is 447 g/mol. The summed E-state index contributed by atoms with van der Waals surface area (Å²) < 4.78 is 6.12. The average Bonchev–Trinajstić information content (AvgIpc) is 3.16. The van der Waals surface area contributed by atoms with E-state index in [1.807, 2.05) is 50.2 Å². The highest BCUT2D eigenvalue weighted by Gasteiger charge is 2.45. The number of carbonyl (C=O) groups excluding carboxylic acids is 1. The zero-order chi connectivity index (χ0) is 22.3. The molecule has 0 saturated heterocycles. The number of amides is 1. The van der Waals surface area contributed by atoms with E-state index in [9.17, 15) is 4.79 Å². The van der Waals surface area contributed by atoms with Gasteiger partial charge in [0.1, 0.15) is 11.9 Å². The number of benzene rings is 2. The number of hydrogen-bond acceptors (Lipinski definition) is 4. The fourth-order valence-corrected chi connectivity index (χ4v) is 4.84. The summed E-state index contributed by atoms with van der Waals surface area (Å²) in [4.78, 5) is 22.2. The highest BCUT2D eigenvalue weighted by molar-refractivity contribution is 6.30. The van der Waals surface area contributed by atoms with Crippen LogP contribution in [0.25, 0.3) is 11.3 Å². The Morgan fingerprint density at radius 1 is 1.19 bits per heavy atom. The fraction of sp³-hybridized carbons (Fsp3) is 0.346. The Morgan fingerprint density at radius 3 is 2.69 bits per heavy atom. The Bertz CT molecular complexity index is 1170. The first kappa shape index (κ1) is 21.0. The summed E-state index contributed by atoms with van der Waals surface area (Å²) in [5, 5.41) is 3.85. The van der Waals surface area contributed by atoms with E-state index in [4.69, 9.17) is 16.3 Å². The minimum Gasteiger partial charge on any atom is -0.488 e. The number of rotatable bonds is 5. The van der Waals surface area contributed by atoms with E-state index in [-0.39, 0.29) is 12.0 Å². The van der Waals surface area contributed by atoms with Gasteiger partial charge in [0.05, 0.1) is 29.0 Å². The number of hydrogen-bond donors (Lipinski definition) is 1. The van der Waals surface area contributed by atoms with Crippen molar-refractivity contribution in [1.29, 1.82) is 0 Å². The van der Waals surface area contributed by atoms with Crippen LogP contribution in [-0.2, 0) is 16.6 Å². The van der Waals surface area contributed by atoms with E-state index < -0.39 is 5.41 Å². The Balaban J connectivity index is 1.26. The topological polar surface area (TPSA) is 64.1 Å². The number of carbonyl (C=O) groups is 1. The first-order valence-corrected chi connectivity index (χ1v) is 11.5. The van der Waals surface area contributed by atoms with Gasteiger partial charge in [0.2, 0.25) is 5.91 Å². The molecular weight excluding hydrogens is 422 g/mol. The van der Waals surface area contributed by atoms with Crippen LogP contribution in [0, 0.1) is 13.8 Å². The van der Waals surface area contributed by atoms with Crippen molar-refractivity contribution in [3.63, 3.8) is 0 Å². The summed E-state index contributed by atoms with van der Waals surface area (Å²) in [6.45, 7) is 4.41. The van der Waals surface area contributed by atoms with Crippen LogP contribution in [0.15, 0.2) is 48.7 Å². The van der Waals surface area contributed by atoms with Crippen LogP contribution >= 0.6 is 11.6 Å². The van der Waals surface area contributed by atoms with Gasteiger partial charge in [0, 0.05) is 23.2 Å². The predicted octanol–water partition coefficient (Wildman–Crippen LogP) is 4.96. The summed E-state index contributed by atoms with van der Waals surface area (Å²) in [6, 6.07) is 13.8. The summed E-state index contributed by atoms with van der Waals surface area (Å²) in [7, 11) is 0. The minimum absolute atomic E-state index is 0.0729. The summed E-state index contributed by atoms with van der Waals surface area (Å²) in [5.74, 6) is 0.958. The van der Waals surface area contributed by atoms with Gasteiger partial charge in [0.15, 0.2) is 0 Å². The standard InChI is InChI=1S/C26H26ClN3O2/c1-16-14-28-17(2)24(30-16)18-4-9-23-19(12-18)13-22(32-23)15-29-25(31)26(10-3-11-26)20-5-7-21(27)8-6-20/h4-9,12,14,22H,3,10-11,13,15H2,1-2H3,(H,29,31). The molecule has 1 aromatic heterocycles.